The first-order chi connectivity index (χ1) is 9.79. The molecule has 2 rings (SSSR count). The van der Waals surface area contributed by atoms with Crippen LogP contribution in [-0.4, -0.2) is 36.8 Å². The molecule has 0 bridgehead atoms. The zero-order valence-electron chi connectivity index (χ0n) is 11.9. The molecule has 1 fully saturated rings. The van der Waals surface area contributed by atoms with Crippen molar-refractivity contribution in [2.24, 2.45) is 0 Å². The highest BCUT2D eigenvalue weighted by Gasteiger charge is 2.13. The molecule has 1 atom stereocenters. The van der Waals surface area contributed by atoms with Gasteiger partial charge in [0.25, 0.3) is 0 Å². The molecule has 1 N–H and O–H groups in total. The molecule has 5 heteroatoms. The van der Waals surface area contributed by atoms with Crippen LogP contribution in [0.3, 0.4) is 0 Å². The van der Waals surface area contributed by atoms with Gasteiger partial charge in [-0.2, -0.15) is 0 Å². The summed E-state index contributed by atoms with van der Waals surface area (Å²) in [4.78, 5) is 15.7. The van der Waals surface area contributed by atoms with E-state index in [-0.39, 0.29) is 5.97 Å². The van der Waals surface area contributed by atoms with Crippen LogP contribution >= 0.6 is 0 Å². The monoisotopic (exact) mass is 278 g/mol. The Morgan fingerprint density at radius 2 is 2.40 bits per heavy atom. The highest BCUT2D eigenvalue weighted by molar-refractivity contribution is 5.89. The van der Waals surface area contributed by atoms with Crippen LogP contribution in [-0.2, 0) is 9.47 Å². The first kappa shape index (κ1) is 14.8. The van der Waals surface area contributed by atoms with Gasteiger partial charge >= 0.3 is 5.97 Å². The maximum absolute atomic E-state index is 11.5. The van der Waals surface area contributed by atoms with Gasteiger partial charge in [0.2, 0.25) is 0 Å². The van der Waals surface area contributed by atoms with E-state index in [2.05, 4.69) is 10.3 Å². The minimum Gasteiger partial charge on any atom is -0.462 e. The highest BCUT2D eigenvalue weighted by Crippen LogP contribution is 2.15. The molecule has 1 saturated heterocycles. The second-order valence-electron chi connectivity index (χ2n) is 4.86. The van der Waals surface area contributed by atoms with Crippen molar-refractivity contribution >= 4 is 11.8 Å². The molecule has 0 saturated carbocycles. The first-order valence-corrected chi connectivity index (χ1v) is 7.28. The summed E-state index contributed by atoms with van der Waals surface area (Å²) in [7, 11) is 0. The van der Waals surface area contributed by atoms with Crippen molar-refractivity contribution in [1.29, 1.82) is 0 Å². The Morgan fingerprint density at radius 1 is 1.50 bits per heavy atom. The largest absolute Gasteiger partial charge is 0.462 e. The number of pyridine rings is 1. The number of aromatic nitrogens is 1. The summed E-state index contributed by atoms with van der Waals surface area (Å²) in [6, 6.07) is 3.53. The maximum Gasteiger partial charge on any atom is 0.339 e. The van der Waals surface area contributed by atoms with E-state index in [9.17, 15) is 4.79 Å². The molecular weight excluding hydrogens is 256 g/mol. The fourth-order valence-electron chi connectivity index (χ4n) is 2.23. The molecule has 2 heterocycles. The molecule has 0 amide bonds. The van der Waals surface area contributed by atoms with Crippen molar-refractivity contribution in [3.63, 3.8) is 0 Å². The second kappa shape index (κ2) is 7.85. The molecule has 5 nitrogen and oxygen atoms in total. The van der Waals surface area contributed by atoms with Crippen molar-refractivity contribution in [3.8, 4) is 0 Å². The van der Waals surface area contributed by atoms with Gasteiger partial charge in [-0.25, -0.2) is 9.78 Å². The van der Waals surface area contributed by atoms with E-state index in [1.54, 1.807) is 19.1 Å². The summed E-state index contributed by atoms with van der Waals surface area (Å²) >= 11 is 0. The number of nitrogens with zero attached hydrogens (tertiary/aromatic N) is 1. The summed E-state index contributed by atoms with van der Waals surface area (Å²) < 4.78 is 10.6. The van der Waals surface area contributed by atoms with E-state index in [0.717, 1.165) is 31.8 Å². The summed E-state index contributed by atoms with van der Waals surface area (Å²) in [6.07, 6.45) is 6.49. The molecule has 20 heavy (non-hydrogen) atoms. The van der Waals surface area contributed by atoms with Gasteiger partial charge in [-0.1, -0.05) is 0 Å². The molecule has 0 radical (unpaired) electrons. The number of carbonyl (C=O) groups is 1. The Bertz CT molecular complexity index is 414. The minimum absolute atomic E-state index is 0.331. The van der Waals surface area contributed by atoms with E-state index >= 15 is 0 Å². The van der Waals surface area contributed by atoms with Gasteiger partial charge < -0.3 is 14.8 Å². The second-order valence-corrected chi connectivity index (χ2v) is 4.86. The van der Waals surface area contributed by atoms with E-state index in [0.29, 0.717) is 18.3 Å². The molecule has 110 valence electrons. The molecular formula is C15H22N2O3. The summed E-state index contributed by atoms with van der Waals surface area (Å²) in [6.45, 7) is 3.88. The zero-order valence-corrected chi connectivity index (χ0v) is 11.9. The summed E-state index contributed by atoms with van der Waals surface area (Å²) in [5.41, 5.74) is 0.480. The molecule has 0 spiro atoms. The van der Waals surface area contributed by atoms with Gasteiger partial charge in [-0.3, -0.25) is 0 Å². The van der Waals surface area contributed by atoms with Gasteiger partial charge in [0.05, 0.1) is 18.3 Å². The lowest BCUT2D eigenvalue weighted by Crippen LogP contribution is -2.22. The Kier molecular flexibility index (Phi) is 5.80. The molecule has 0 aromatic carbocycles. The molecule has 1 aliphatic heterocycles. The predicted octanol–water partition coefficient (Wildman–Crippen LogP) is 2.63. The van der Waals surface area contributed by atoms with Gasteiger partial charge in [0.1, 0.15) is 5.82 Å². The standard InChI is InChI=1S/C15H22N2O3/c1-2-19-15(18)12-6-7-14(17-11-12)16-9-8-13-5-3-4-10-20-13/h6-7,11,13H,2-5,8-10H2,1H3,(H,16,17). The van der Waals surface area contributed by atoms with Crippen LogP contribution in [0.5, 0.6) is 0 Å². The number of anilines is 1. The average Bonchev–Trinajstić information content (AvgIpc) is 2.49. The number of hydrogen-bond acceptors (Lipinski definition) is 5. The smallest absolute Gasteiger partial charge is 0.339 e. The number of carbonyl (C=O) groups excluding carboxylic acids is 1. The average molecular weight is 278 g/mol. The molecule has 1 aliphatic rings. The number of esters is 1. The molecule has 1 unspecified atom stereocenters. The van der Waals surface area contributed by atoms with Crippen LogP contribution in [0.4, 0.5) is 5.82 Å². The zero-order chi connectivity index (χ0) is 14.2. The third-order valence-corrected chi connectivity index (χ3v) is 3.32. The van der Waals surface area contributed by atoms with Crippen LogP contribution in [0.15, 0.2) is 18.3 Å². The third-order valence-electron chi connectivity index (χ3n) is 3.32. The van der Waals surface area contributed by atoms with Crippen LogP contribution in [0.2, 0.25) is 0 Å². The summed E-state index contributed by atoms with van der Waals surface area (Å²) in [5.74, 6) is 0.441. The number of rotatable bonds is 6. The topological polar surface area (TPSA) is 60.5 Å². The minimum atomic E-state index is -0.331. The van der Waals surface area contributed by atoms with Crippen molar-refractivity contribution in [2.75, 3.05) is 25.1 Å². The van der Waals surface area contributed by atoms with E-state index in [4.69, 9.17) is 9.47 Å². The van der Waals surface area contributed by atoms with E-state index in [1.807, 2.05) is 0 Å². The first-order valence-electron chi connectivity index (χ1n) is 7.28. The van der Waals surface area contributed by atoms with Crippen LogP contribution in [0.25, 0.3) is 0 Å². The molecule has 0 aliphatic carbocycles. The van der Waals surface area contributed by atoms with Gasteiger partial charge in [-0.15, -0.1) is 0 Å². The third kappa shape index (κ3) is 4.49. The SMILES string of the molecule is CCOC(=O)c1ccc(NCCC2CCCCO2)nc1. The normalized spacial score (nSPS) is 18.6. The fourth-order valence-corrected chi connectivity index (χ4v) is 2.23. The van der Waals surface area contributed by atoms with Crippen LogP contribution in [0.1, 0.15) is 43.0 Å². The number of ether oxygens (including phenoxy) is 2. The molecule has 1 aromatic rings. The maximum atomic E-state index is 11.5. The lowest BCUT2D eigenvalue weighted by molar-refractivity contribution is 0.0134. The van der Waals surface area contributed by atoms with Gasteiger partial charge in [0.15, 0.2) is 0 Å². The fraction of sp³-hybridized carbons (Fsp3) is 0.600. The lowest BCUT2D eigenvalue weighted by Gasteiger charge is -2.22. The van der Waals surface area contributed by atoms with Crippen molar-refractivity contribution in [3.05, 3.63) is 23.9 Å². The summed E-state index contributed by atoms with van der Waals surface area (Å²) in [5, 5.41) is 3.25. The predicted molar refractivity (Wildman–Crippen MR) is 76.9 cm³/mol. The van der Waals surface area contributed by atoms with Crippen LogP contribution in [0, 0.1) is 0 Å². The van der Waals surface area contributed by atoms with E-state index < -0.39 is 0 Å². The van der Waals surface area contributed by atoms with E-state index in [1.165, 1.54) is 19.0 Å². The Morgan fingerprint density at radius 3 is 3.05 bits per heavy atom. The van der Waals surface area contributed by atoms with Crippen LogP contribution < -0.4 is 5.32 Å². The highest BCUT2D eigenvalue weighted by atomic mass is 16.5. The van der Waals surface area contributed by atoms with Crippen molar-refractivity contribution < 1.29 is 14.3 Å². The Labute approximate surface area is 119 Å². The van der Waals surface area contributed by atoms with Gasteiger partial charge in [0, 0.05) is 19.3 Å². The number of nitrogens with one attached hydrogen (secondary N) is 1. The Hall–Kier alpha value is -1.62. The Balaban J connectivity index is 1.74. The number of hydrogen-bond donors (Lipinski definition) is 1. The van der Waals surface area contributed by atoms with Crippen molar-refractivity contribution in [2.45, 2.75) is 38.7 Å². The van der Waals surface area contributed by atoms with Crippen molar-refractivity contribution in [1.82, 2.24) is 4.98 Å². The molecule has 1 aromatic heterocycles. The lowest BCUT2D eigenvalue weighted by atomic mass is 10.1. The quantitative estimate of drug-likeness (QED) is 0.811. The van der Waals surface area contributed by atoms with Gasteiger partial charge in [-0.05, 0) is 44.7 Å².